The number of nitrogens with two attached hydrogens (primary N) is 1. The first-order chi connectivity index (χ1) is 8.11. The Morgan fingerprint density at radius 3 is 2.65 bits per heavy atom. The van der Waals surface area contributed by atoms with Crippen LogP contribution in [0.5, 0.6) is 0 Å². The van der Waals surface area contributed by atoms with Crippen molar-refractivity contribution in [2.45, 2.75) is 0 Å². The van der Waals surface area contributed by atoms with E-state index in [0.717, 1.165) is 30.4 Å². The first kappa shape index (κ1) is 15.9. The van der Waals surface area contributed by atoms with E-state index in [4.69, 9.17) is 15.6 Å². The van der Waals surface area contributed by atoms with Crippen LogP contribution < -0.4 is 11.4 Å². The molecule has 17 heavy (non-hydrogen) atoms. The fraction of sp³-hybridized carbons (Fsp3) is 0.556. The van der Waals surface area contributed by atoms with Gasteiger partial charge in [0.1, 0.15) is 0 Å². The SMILES string of the molecule is C1CSCO1.CO.Cn1cc(F)c(N)nc1=O. The van der Waals surface area contributed by atoms with Crippen molar-refractivity contribution in [1.29, 1.82) is 0 Å². The maximum atomic E-state index is 12.4. The number of aryl methyl sites for hydroxylation is 1. The molecule has 98 valence electrons. The molecule has 0 saturated carbocycles. The number of nitrogens with zero attached hydrogens (tertiary/aromatic N) is 2. The van der Waals surface area contributed by atoms with Crippen LogP contribution in [0.15, 0.2) is 11.0 Å². The number of rotatable bonds is 0. The number of aromatic nitrogens is 2. The van der Waals surface area contributed by atoms with Crippen molar-refractivity contribution in [3.63, 3.8) is 0 Å². The molecule has 0 bridgehead atoms. The largest absolute Gasteiger partial charge is 0.400 e. The molecule has 0 spiro atoms. The van der Waals surface area contributed by atoms with Gasteiger partial charge in [-0.15, -0.1) is 11.8 Å². The topological polar surface area (TPSA) is 90.4 Å². The normalized spacial score (nSPS) is 13.2. The lowest BCUT2D eigenvalue weighted by Gasteiger charge is -1.96. The van der Waals surface area contributed by atoms with Gasteiger partial charge in [0.25, 0.3) is 0 Å². The number of halogens is 1. The summed E-state index contributed by atoms with van der Waals surface area (Å²) in [6.07, 6.45) is 0.991. The van der Waals surface area contributed by atoms with Crippen molar-refractivity contribution in [3.05, 3.63) is 22.5 Å². The first-order valence-electron chi connectivity index (χ1n) is 4.70. The standard InChI is InChI=1S/C5H6FN3O.C3H6OS.CH4O/c1-9-2-3(6)4(7)8-5(9)10;1-2-5-3-4-1;1-2/h2H,1H3,(H2,7,8,10);1-3H2;2H,1H3. The van der Waals surface area contributed by atoms with Gasteiger partial charge in [0.15, 0.2) is 11.6 Å². The van der Waals surface area contributed by atoms with Gasteiger partial charge in [-0.2, -0.15) is 4.98 Å². The predicted molar refractivity (Wildman–Crippen MR) is 65.3 cm³/mol. The summed E-state index contributed by atoms with van der Waals surface area (Å²) in [6, 6.07) is 0. The monoisotopic (exact) mass is 265 g/mol. The number of hydrogen-bond donors (Lipinski definition) is 2. The Labute approximate surface area is 103 Å². The third-order valence-electron chi connectivity index (χ3n) is 1.61. The van der Waals surface area contributed by atoms with Crippen LogP contribution in [0.1, 0.15) is 0 Å². The highest BCUT2D eigenvalue weighted by Gasteiger charge is 2.00. The van der Waals surface area contributed by atoms with Crippen LogP contribution >= 0.6 is 11.8 Å². The summed E-state index contributed by atoms with van der Waals surface area (Å²) in [6.45, 7) is 0.963. The van der Waals surface area contributed by atoms with Crippen molar-refractivity contribution in [2.24, 2.45) is 7.05 Å². The molecular weight excluding hydrogens is 249 g/mol. The van der Waals surface area contributed by atoms with Crippen LogP contribution in [-0.2, 0) is 11.8 Å². The molecule has 0 radical (unpaired) electrons. The summed E-state index contributed by atoms with van der Waals surface area (Å²) < 4.78 is 18.3. The molecule has 0 aliphatic carbocycles. The van der Waals surface area contributed by atoms with E-state index in [-0.39, 0.29) is 5.82 Å². The third kappa shape index (κ3) is 6.25. The van der Waals surface area contributed by atoms with E-state index in [1.807, 2.05) is 11.8 Å². The second kappa shape index (κ2) is 8.97. The van der Waals surface area contributed by atoms with Crippen molar-refractivity contribution < 1.29 is 14.2 Å². The summed E-state index contributed by atoms with van der Waals surface area (Å²) >= 11 is 1.85. The van der Waals surface area contributed by atoms with E-state index in [0.29, 0.717) is 0 Å². The van der Waals surface area contributed by atoms with E-state index in [1.165, 1.54) is 12.8 Å². The Bertz CT molecular complexity index is 375. The number of thioether (sulfide) groups is 1. The molecule has 3 N–H and O–H groups in total. The van der Waals surface area contributed by atoms with Gasteiger partial charge in [0.2, 0.25) is 0 Å². The molecule has 2 rings (SSSR count). The Balaban J connectivity index is 0.000000306. The van der Waals surface area contributed by atoms with Gasteiger partial charge in [-0.3, -0.25) is 4.57 Å². The maximum absolute atomic E-state index is 12.4. The summed E-state index contributed by atoms with van der Waals surface area (Å²) in [7, 11) is 2.40. The molecule has 0 atom stereocenters. The molecule has 2 heterocycles. The van der Waals surface area contributed by atoms with Gasteiger partial charge >= 0.3 is 5.69 Å². The lowest BCUT2D eigenvalue weighted by atomic mass is 10.5. The van der Waals surface area contributed by atoms with Crippen molar-refractivity contribution in [2.75, 3.05) is 31.1 Å². The average molecular weight is 265 g/mol. The molecule has 0 amide bonds. The lowest BCUT2D eigenvalue weighted by molar-refractivity contribution is 0.217. The molecular formula is C9H16FN3O3S. The molecule has 8 heteroatoms. The zero-order valence-electron chi connectivity index (χ0n) is 9.72. The molecule has 6 nitrogen and oxygen atoms in total. The molecule has 1 aliphatic heterocycles. The third-order valence-corrected chi connectivity index (χ3v) is 2.40. The first-order valence-corrected chi connectivity index (χ1v) is 5.85. The van der Waals surface area contributed by atoms with Crippen LogP contribution in [0, 0.1) is 5.82 Å². The van der Waals surface area contributed by atoms with Gasteiger partial charge in [-0.05, 0) is 0 Å². The highest BCUT2D eigenvalue weighted by Crippen LogP contribution is 2.06. The predicted octanol–water partition coefficient (Wildman–Crippen LogP) is -0.183. The summed E-state index contributed by atoms with van der Waals surface area (Å²) in [5, 5.41) is 7.00. The van der Waals surface area contributed by atoms with Gasteiger partial charge in [0, 0.05) is 26.1 Å². The fourth-order valence-corrected chi connectivity index (χ4v) is 1.41. The van der Waals surface area contributed by atoms with Gasteiger partial charge < -0.3 is 15.6 Å². The minimum absolute atomic E-state index is 0.358. The van der Waals surface area contributed by atoms with Gasteiger partial charge in [-0.1, -0.05) is 0 Å². The molecule has 1 saturated heterocycles. The molecule has 1 aromatic rings. The summed E-state index contributed by atoms with van der Waals surface area (Å²) in [4.78, 5) is 13.8. The second-order valence-electron chi connectivity index (χ2n) is 2.80. The smallest absolute Gasteiger partial charge is 0.349 e. The Morgan fingerprint density at radius 2 is 2.29 bits per heavy atom. The molecule has 1 aromatic heterocycles. The second-order valence-corrected chi connectivity index (χ2v) is 3.85. The number of nitrogen functional groups attached to an aromatic ring is 1. The van der Waals surface area contributed by atoms with Crippen LogP contribution in [0.25, 0.3) is 0 Å². The quantitative estimate of drug-likeness (QED) is 0.676. The summed E-state index contributed by atoms with van der Waals surface area (Å²) in [5.74, 6) is 1.07. The number of ether oxygens (including phenoxy) is 1. The fourth-order valence-electron chi connectivity index (χ4n) is 0.821. The number of aliphatic hydroxyl groups is 1. The molecule has 0 unspecified atom stereocenters. The molecule has 0 aromatic carbocycles. The minimum Gasteiger partial charge on any atom is -0.400 e. The highest BCUT2D eigenvalue weighted by molar-refractivity contribution is 7.99. The van der Waals surface area contributed by atoms with Crippen molar-refractivity contribution >= 4 is 17.6 Å². The van der Waals surface area contributed by atoms with Crippen LogP contribution in [0.3, 0.4) is 0 Å². The van der Waals surface area contributed by atoms with Gasteiger partial charge in [-0.25, -0.2) is 9.18 Å². The Morgan fingerprint density at radius 1 is 1.65 bits per heavy atom. The average Bonchev–Trinajstić information content (AvgIpc) is 2.88. The van der Waals surface area contributed by atoms with Crippen LogP contribution in [0.2, 0.25) is 0 Å². The zero-order valence-corrected chi connectivity index (χ0v) is 10.5. The van der Waals surface area contributed by atoms with E-state index >= 15 is 0 Å². The number of hydrogen-bond acceptors (Lipinski definition) is 6. The van der Waals surface area contributed by atoms with Crippen LogP contribution in [0.4, 0.5) is 10.2 Å². The summed E-state index contributed by atoms with van der Waals surface area (Å²) in [5.41, 5.74) is 4.43. The highest BCUT2D eigenvalue weighted by atomic mass is 32.2. The lowest BCUT2D eigenvalue weighted by Crippen LogP contribution is -2.21. The Kier molecular flexibility index (Phi) is 8.38. The van der Waals surface area contributed by atoms with Crippen LogP contribution in [-0.4, -0.2) is 40.1 Å². The van der Waals surface area contributed by atoms with E-state index in [9.17, 15) is 9.18 Å². The molecule has 1 fully saturated rings. The zero-order chi connectivity index (χ0) is 13.3. The van der Waals surface area contributed by atoms with Gasteiger partial charge in [0.05, 0.1) is 12.5 Å². The van der Waals surface area contributed by atoms with E-state index < -0.39 is 11.5 Å². The van der Waals surface area contributed by atoms with E-state index in [1.54, 1.807) is 0 Å². The van der Waals surface area contributed by atoms with E-state index in [2.05, 4.69) is 4.98 Å². The molecule has 1 aliphatic rings. The number of aliphatic hydroxyl groups excluding tert-OH is 1. The maximum Gasteiger partial charge on any atom is 0.349 e. The van der Waals surface area contributed by atoms with Crippen molar-refractivity contribution in [1.82, 2.24) is 9.55 Å². The minimum atomic E-state index is -0.679. The Hall–Kier alpha value is -1.12. The van der Waals surface area contributed by atoms with Crippen molar-refractivity contribution in [3.8, 4) is 0 Å². The number of anilines is 1.